The van der Waals surface area contributed by atoms with Gasteiger partial charge in [0.05, 0.1) is 13.2 Å². The molecule has 0 aromatic rings. The molecule has 1 unspecified atom stereocenters. The fraction of sp³-hybridized carbons (Fsp3) is 1.00. The largest absolute Gasteiger partial charge is 0.382 e. The third kappa shape index (κ3) is 7.25. The summed E-state index contributed by atoms with van der Waals surface area (Å²) in [6, 6.07) is 0.610. The summed E-state index contributed by atoms with van der Waals surface area (Å²) < 4.78 is 10.4. The summed E-state index contributed by atoms with van der Waals surface area (Å²) in [7, 11) is 1.71. The van der Waals surface area contributed by atoms with E-state index in [9.17, 15) is 0 Å². The first-order valence-electron chi connectivity index (χ1n) is 7.56. The molecule has 1 aliphatic rings. The summed E-state index contributed by atoms with van der Waals surface area (Å²) >= 11 is 0. The summed E-state index contributed by atoms with van der Waals surface area (Å²) in [6.07, 6.45) is 2.37. The number of hydrogen-bond donors (Lipinski definition) is 1. The summed E-state index contributed by atoms with van der Waals surface area (Å²) in [6.45, 7) is 13.9. The number of unbranched alkanes of at least 4 members (excludes halogenated alkanes) is 1. The minimum absolute atomic E-state index is 0.349. The Balaban J connectivity index is 2.06. The van der Waals surface area contributed by atoms with Gasteiger partial charge in [-0.3, -0.25) is 0 Å². The lowest BCUT2D eigenvalue weighted by Gasteiger charge is -2.40. The molecule has 4 nitrogen and oxygen atoms in total. The van der Waals surface area contributed by atoms with Crippen LogP contribution < -0.4 is 5.32 Å². The number of methoxy groups -OCH3 is 1. The standard InChI is InChI=1S/C15H32N2O2/c1-15(2,3)14-13-17(9-7-16-14)8-5-6-10-19-12-11-18-4/h14,16H,5-13H2,1-4H3. The van der Waals surface area contributed by atoms with Crippen molar-refractivity contribution in [3.05, 3.63) is 0 Å². The molecule has 0 spiro atoms. The molecule has 0 aliphatic carbocycles. The van der Waals surface area contributed by atoms with Gasteiger partial charge in [-0.2, -0.15) is 0 Å². The zero-order valence-corrected chi connectivity index (χ0v) is 13.2. The zero-order chi connectivity index (χ0) is 14.1. The molecule has 1 heterocycles. The Morgan fingerprint density at radius 1 is 1.16 bits per heavy atom. The summed E-state index contributed by atoms with van der Waals surface area (Å²) in [5.74, 6) is 0. The second-order valence-corrected chi connectivity index (χ2v) is 6.49. The number of hydrogen-bond acceptors (Lipinski definition) is 4. The maximum absolute atomic E-state index is 5.48. The van der Waals surface area contributed by atoms with Gasteiger partial charge in [-0.05, 0) is 24.8 Å². The minimum Gasteiger partial charge on any atom is -0.382 e. The number of rotatable bonds is 8. The smallest absolute Gasteiger partial charge is 0.0700 e. The predicted octanol–water partition coefficient (Wildman–Crippen LogP) is 1.75. The van der Waals surface area contributed by atoms with Crippen LogP contribution in [0.4, 0.5) is 0 Å². The van der Waals surface area contributed by atoms with E-state index in [0.717, 1.165) is 26.2 Å². The van der Waals surface area contributed by atoms with E-state index in [4.69, 9.17) is 9.47 Å². The molecule has 114 valence electrons. The van der Waals surface area contributed by atoms with Gasteiger partial charge in [-0.1, -0.05) is 20.8 Å². The molecule has 0 aromatic carbocycles. The van der Waals surface area contributed by atoms with Gasteiger partial charge < -0.3 is 19.7 Å². The first-order chi connectivity index (χ1) is 9.04. The van der Waals surface area contributed by atoms with Gasteiger partial charge in [-0.25, -0.2) is 0 Å². The first-order valence-corrected chi connectivity index (χ1v) is 7.56. The second-order valence-electron chi connectivity index (χ2n) is 6.49. The summed E-state index contributed by atoms with van der Waals surface area (Å²) in [5.41, 5.74) is 0.349. The lowest BCUT2D eigenvalue weighted by atomic mass is 9.85. The first kappa shape index (κ1) is 16.9. The molecule has 0 radical (unpaired) electrons. The van der Waals surface area contributed by atoms with Crippen LogP contribution in [0.5, 0.6) is 0 Å². The van der Waals surface area contributed by atoms with E-state index in [-0.39, 0.29) is 0 Å². The molecule has 19 heavy (non-hydrogen) atoms. The van der Waals surface area contributed by atoms with E-state index in [1.165, 1.54) is 26.1 Å². The number of nitrogens with zero attached hydrogens (tertiary/aromatic N) is 1. The van der Waals surface area contributed by atoms with Crippen LogP contribution in [-0.2, 0) is 9.47 Å². The highest BCUT2D eigenvalue weighted by Gasteiger charge is 2.28. The Morgan fingerprint density at radius 3 is 2.63 bits per heavy atom. The van der Waals surface area contributed by atoms with Gasteiger partial charge in [0, 0.05) is 39.4 Å². The van der Waals surface area contributed by atoms with Crippen LogP contribution in [0.2, 0.25) is 0 Å². The van der Waals surface area contributed by atoms with Crippen molar-refractivity contribution in [2.75, 3.05) is 53.1 Å². The zero-order valence-electron chi connectivity index (χ0n) is 13.2. The molecule has 1 aliphatic heterocycles. The van der Waals surface area contributed by atoms with Gasteiger partial charge >= 0.3 is 0 Å². The third-order valence-corrected chi connectivity index (χ3v) is 3.75. The topological polar surface area (TPSA) is 33.7 Å². The highest BCUT2D eigenvalue weighted by atomic mass is 16.5. The molecular formula is C15H32N2O2. The molecule has 1 saturated heterocycles. The average Bonchev–Trinajstić information content (AvgIpc) is 2.37. The van der Waals surface area contributed by atoms with Crippen molar-refractivity contribution in [3.8, 4) is 0 Å². The van der Waals surface area contributed by atoms with Crippen molar-refractivity contribution in [1.29, 1.82) is 0 Å². The molecule has 0 saturated carbocycles. The molecule has 1 atom stereocenters. The maximum atomic E-state index is 5.48. The van der Waals surface area contributed by atoms with E-state index in [2.05, 4.69) is 31.0 Å². The van der Waals surface area contributed by atoms with Crippen molar-refractivity contribution in [2.24, 2.45) is 5.41 Å². The van der Waals surface area contributed by atoms with Crippen molar-refractivity contribution in [1.82, 2.24) is 10.2 Å². The van der Waals surface area contributed by atoms with E-state index < -0.39 is 0 Å². The van der Waals surface area contributed by atoms with Crippen LogP contribution in [0, 0.1) is 5.41 Å². The van der Waals surface area contributed by atoms with E-state index in [0.29, 0.717) is 18.1 Å². The van der Waals surface area contributed by atoms with Gasteiger partial charge in [-0.15, -0.1) is 0 Å². The SMILES string of the molecule is COCCOCCCCN1CCNC(C(C)(C)C)C1. The van der Waals surface area contributed by atoms with Crippen molar-refractivity contribution in [3.63, 3.8) is 0 Å². The number of ether oxygens (including phenoxy) is 2. The number of piperazine rings is 1. The highest BCUT2D eigenvalue weighted by molar-refractivity contribution is 4.87. The highest BCUT2D eigenvalue weighted by Crippen LogP contribution is 2.21. The molecule has 1 fully saturated rings. The average molecular weight is 272 g/mol. The molecular weight excluding hydrogens is 240 g/mol. The Bertz CT molecular complexity index is 229. The lowest BCUT2D eigenvalue weighted by molar-refractivity contribution is 0.0662. The van der Waals surface area contributed by atoms with E-state index >= 15 is 0 Å². The normalized spacial score (nSPS) is 21.8. The maximum Gasteiger partial charge on any atom is 0.0700 e. The van der Waals surface area contributed by atoms with Crippen molar-refractivity contribution in [2.45, 2.75) is 39.7 Å². The van der Waals surface area contributed by atoms with E-state index in [1.807, 2.05) is 0 Å². The monoisotopic (exact) mass is 272 g/mol. The Labute approximate surface area is 118 Å². The minimum atomic E-state index is 0.349. The second kappa shape index (κ2) is 8.90. The number of nitrogens with one attached hydrogen (secondary N) is 1. The third-order valence-electron chi connectivity index (χ3n) is 3.75. The van der Waals surface area contributed by atoms with E-state index in [1.54, 1.807) is 7.11 Å². The Morgan fingerprint density at radius 2 is 1.95 bits per heavy atom. The quantitative estimate of drug-likeness (QED) is 0.683. The van der Waals surface area contributed by atoms with Crippen molar-refractivity contribution < 1.29 is 9.47 Å². The Kier molecular flexibility index (Phi) is 7.91. The fourth-order valence-corrected chi connectivity index (χ4v) is 2.38. The predicted molar refractivity (Wildman–Crippen MR) is 79.6 cm³/mol. The molecule has 1 rings (SSSR count). The molecule has 0 bridgehead atoms. The molecule has 0 aromatic heterocycles. The van der Waals surface area contributed by atoms with Gasteiger partial charge in [0.2, 0.25) is 0 Å². The molecule has 4 heteroatoms. The fourth-order valence-electron chi connectivity index (χ4n) is 2.38. The summed E-state index contributed by atoms with van der Waals surface area (Å²) in [4.78, 5) is 2.58. The molecule has 1 N–H and O–H groups in total. The van der Waals surface area contributed by atoms with Crippen LogP contribution in [0.15, 0.2) is 0 Å². The summed E-state index contributed by atoms with van der Waals surface area (Å²) in [5, 5.41) is 3.63. The molecule has 0 amide bonds. The van der Waals surface area contributed by atoms with Crippen LogP contribution >= 0.6 is 0 Å². The van der Waals surface area contributed by atoms with Gasteiger partial charge in [0.1, 0.15) is 0 Å². The van der Waals surface area contributed by atoms with Crippen molar-refractivity contribution >= 4 is 0 Å². The van der Waals surface area contributed by atoms with Crippen LogP contribution in [0.3, 0.4) is 0 Å². The van der Waals surface area contributed by atoms with Crippen LogP contribution in [0.25, 0.3) is 0 Å². The Hall–Kier alpha value is -0.160. The lowest BCUT2D eigenvalue weighted by Crippen LogP contribution is -2.55. The van der Waals surface area contributed by atoms with Crippen LogP contribution in [-0.4, -0.2) is 64.1 Å². The van der Waals surface area contributed by atoms with Gasteiger partial charge in [0.25, 0.3) is 0 Å². The van der Waals surface area contributed by atoms with Gasteiger partial charge in [0.15, 0.2) is 0 Å². The van der Waals surface area contributed by atoms with Crippen LogP contribution in [0.1, 0.15) is 33.6 Å².